The molecule has 0 radical (unpaired) electrons. The molecular weight excluding hydrogens is 191 g/mol. The van der Waals surface area contributed by atoms with Crippen molar-refractivity contribution < 1.29 is 0 Å². The van der Waals surface area contributed by atoms with Crippen LogP contribution in [0, 0.1) is 17.2 Å². The van der Waals surface area contributed by atoms with Gasteiger partial charge in [-0.15, -0.1) is 9.24 Å². The van der Waals surface area contributed by atoms with Crippen molar-refractivity contribution in [3.05, 3.63) is 0 Å². The summed E-state index contributed by atoms with van der Waals surface area (Å²) >= 11 is 0. The molecule has 0 aromatic heterocycles. The Balaban J connectivity index is 4.01. The van der Waals surface area contributed by atoms with E-state index in [1.807, 2.05) is 0 Å². The number of nitriles is 1. The Morgan fingerprint density at radius 2 is 1.71 bits per heavy atom. The third-order valence-electron chi connectivity index (χ3n) is 2.53. The van der Waals surface area contributed by atoms with Gasteiger partial charge in [0.05, 0.1) is 12.0 Å². The fourth-order valence-electron chi connectivity index (χ4n) is 1.65. The second kappa shape index (κ2) is 7.21. The van der Waals surface area contributed by atoms with Crippen molar-refractivity contribution in [1.82, 2.24) is 4.90 Å². The Labute approximate surface area is 90.9 Å². The van der Waals surface area contributed by atoms with Gasteiger partial charge in [0.15, 0.2) is 0 Å². The van der Waals surface area contributed by atoms with Crippen LogP contribution in [-0.2, 0) is 0 Å². The summed E-state index contributed by atoms with van der Waals surface area (Å²) in [6.07, 6.45) is 1.87. The second-order valence-corrected chi connectivity index (χ2v) is 4.75. The highest BCUT2D eigenvalue weighted by atomic mass is 31.0. The van der Waals surface area contributed by atoms with Gasteiger partial charge in [-0.25, -0.2) is 0 Å². The number of rotatable bonds is 6. The lowest BCUT2D eigenvalue weighted by molar-refractivity contribution is 0.168. The zero-order chi connectivity index (χ0) is 11.1. The first kappa shape index (κ1) is 13.9. The predicted molar refractivity (Wildman–Crippen MR) is 65.3 cm³/mol. The summed E-state index contributed by atoms with van der Waals surface area (Å²) in [7, 11) is 2.65. The van der Waals surface area contributed by atoms with Crippen molar-refractivity contribution in [2.75, 3.05) is 12.7 Å². The van der Waals surface area contributed by atoms with Crippen molar-refractivity contribution in [1.29, 1.82) is 5.26 Å². The molecule has 0 bridgehead atoms. The molecule has 3 heteroatoms. The van der Waals surface area contributed by atoms with Crippen LogP contribution in [0.25, 0.3) is 0 Å². The molecule has 0 fully saturated rings. The van der Waals surface area contributed by atoms with E-state index in [9.17, 15) is 0 Å². The van der Waals surface area contributed by atoms with Gasteiger partial charge in [-0.1, -0.05) is 0 Å². The van der Waals surface area contributed by atoms with E-state index in [1.165, 1.54) is 0 Å². The van der Waals surface area contributed by atoms with E-state index < -0.39 is 0 Å². The number of hydrogen-bond donors (Lipinski definition) is 0. The minimum Gasteiger partial charge on any atom is -0.298 e. The predicted octanol–water partition coefficient (Wildman–Crippen LogP) is 2.51. The summed E-state index contributed by atoms with van der Waals surface area (Å²) in [5, 5.41) is 8.83. The Bertz CT molecular complexity index is 176. The van der Waals surface area contributed by atoms with Gasteiger partial charge >= 0.3 is 0 Å². The molecule has 2 atom stereocenters. The first-order valence-electron chi connectivity index (χ1n) is 5.38. The highest BCUT2D eigenvalue weighted by Crippen LogP contribution is 2.11. The van der Waals surface area contributed by atoms with Gasteiger partial charge < -0.3 is 0 Å². The average Bonchev–Trinajstić information content (AvgIpc) is 2.11. The molecule has 0 aliphatic carbocycles. The van der Waals surface area contributed by atoms with Crippen LogP contribution in [0.2, 0.25) is 0 Å². The van der Waals surface area contributed by atoms with E-state index in [4.69, 9.17) is 5.26 Å². The minimum absolute atomic E-state index is 0.194. The van der Waals surface area contributed by atoms with Gasteiger partial charge in [-0.2, -0.15) is 5.26 Å². The SMILES string of the molecule is CC(C)N(CCC(C#N)CP)C(C)C. The summed E-state index contributed by atoms with van der Waals surface area (Å²) in [5.41, 5.74) is 0. The van der Waals surface area contributed by atoms with E-state index in [1.54, 1.807) is 0 Å². The maximum absolute atomic E-state index is 8.83. The van der Waals surface area contributed by atoms with Gasteiger partial charge in [-0.05, 0) is 46.8 Å². The van der Waals surface area contributed by atoms with Crippen LogP contribution in [0.15, 0.2) is 0 Å². The average molecular weight is 214 g/mol. The zero-order valence-electron chi connectivity index (χ0n) is 9.83. The van der Waals surface area contributed by atoms with E-state index in [0.717, 1.165) is 19.1 Å². The van der Waals surface area contributed by atoms with Gasteiger partial charge in [0.25, 0.3) is 0 Å². The lowest BCUT2D eigenvalue weighted by atomic mass is 10.1. The van der Waals surface area contributed by atoms with Gasteiger partial charge in [0.2, 0.25) is 0 Å². The molecule has 0 saturated heterocycles. The molecule has 2 nitrogen and oxygen atoms in total. The van der Waals surface area contributed by atoms with Gasteiger partial charge in [0.1, 0.15) is 0 Å². The fourth-order valence-corrected chi connectivity index (χ4v) is 1.99. The zero-order valence-corrected chi connectivity index (χ0v) is 11.0. The van der Waals surface area contributed by atoms with Crippen LogP contribution in [0.3, 0.4) is 0 Å². The number of hydrogen-bond acceptors (Lipinski definition) is 2. The van der Waals surface area contributed by atoms with Crippen LogP contribution in [-0.4, -0.2) is 29.7 Å². The molecule has 0 aliphatic rings. The molecule has 0 aliphatic heterocycles. The first-order chi connectivity index (χ1) is 6.52. The summed E-state index contributed by atoms with van der Waals surface area (Å²) in [6, 6.07) is 3.47. The van der Waals surface area contributed by atoms with E-state index in [2.05, 4.69) is 47.9 Å². The van der Waals surface area contributed by atoms with Crippen molar-refractivity contribution >= 4 is 9.24 Å². The third-order valence-corrected chi connectivity index (χ3v) is 3.10. The topological polar surface area (TPSA) is 27.0 Å². The molecule has 0 aromatic rings. The summed E-state index contributed by atoms with van der Waals surface area (Å²) in [6.45, 7) is 9.87. The Morgan fingerprint density at radius 1 is 1.21 bits per heavy atom. The molecule has 0 heterocycles. The Hall–Kier alpha value is -0.120. The number of nitrogens with zero attached hydrogens (tertiary/aromatic N) is 2. The smallest absolute Gasteiger partial charge is 0.0659 e. The molecular formula is C11H23N2P. The standard InChI is InChI=1S/C11H23N2P/c1-9(2)13(10(3)4)6-5-11(7-12)8-14/h9-11H,5-6,8,14H2,1-4H3. The first-order valence-corrected chi connectivity index (χ1v) is 6.20. The van der Waals surface area contributed by atoms with Crippen molar-refractivity contribution in [3.8, 4) is 6.07 Å². The van der Waals surface area contributed by atoms with E-state index >= 15 is 0 Å². The summed E-state index contributed by atoms with van der Waals surface area (Å²) in [4.78, 5) is 2.44. The Morgan fingerprint density at radius 3 is 2.00 bits per heavy atom. The molecule has 82 valence electrons. The summed E-state index contributed by atoms with van der Waals surface area (Å²) < 4.78 is 0. The van der Waals surface area contributed by atoms with Crippen molar-refractivity contribution in [3.63, 3.8) is 0 Å². The normalized spacial score (nSPS) is 13.6. The van der Waals surface area contributed by atoms with Crippen molar-refractivity contribution in [2.24, 2.45) is 5.92 Å². The minimum atomic E-state index is 0.194. The van der Waals surface area contributed by atoms with Crippen LogP contribution >= 0.6 is 9.24 Å². The maximum atomic E-state index is 8.83. The van der Waals surface area contributed by atoms with Crippen molar-refractivity contribution in [2.45, 2.75) is 46.2 Å². The molecule has 2 unspecified atom stereocenters. The molecule has 0 amide bonds. The van der Waals surface area contributed by atoms with Gasteiger partial charge in [0, 0.05) is 12.1 Å². The molecule has 14 heavy (non-hydrogen) atoms. The third kappa shape index (κ3) is 4.94. The van der Waals surface area contributed by atoms with Crippen LogP contribution in [0.1, 0.15) is 34.1 Å². The quantitative estimate of drug-likeness (QED) is 0.635. The summed E-state index contributed by atoms with van der Waals surface area (Å²) in [5.74, 6) is 0.194. The maximum Gasteiger partial charge on any atom is 0.0659 e. The second-order valence-electron chi connectivity index (χ2n) is 4.28. The largest absolute Gasteiger partial charge is 0.298 e. The van der Waals surface area contributed by atoms with Crippen LogP contribution < -0.4 is 0 Å². The molecule has 0 saturated carbocycles. The van der Waals surface area contributed by atoms with Crippen LogP contribution in [0.4, 0.5) is 0 Å². The van der Waals surface area contributed by atoms with Crippen LogP contribution in [0.5, 0.6) is 0 Å². The van der Waals surface area contributed by atoms with Gasteiger partial charge in [-0.3, -0.25) is 4.90 Å². The molecule has 0 aromatic carbocycles. The lowest BCUT2D eigenvalue weighted by Crippen LogP contribution is -2.38. The fraction of sp³-hybridized carbons (Fsp3) is 0.909. The Kier molecular flexibility index (Phi) is 7.15. The molecule has 0 spiro atoms. The highest BCUT2D eigenvalue weighted by molar-refractivity contribution is 7.16. The highest BCUT2D eigenvalue weighted by Gasteiger charge is 2.14. The molecule has 0 rings (SSSR count). The van der Waals surface area contributed by atoms with E-state index in [0.29, 0.717) is 12.1 Å². The van der Waals surface area contributed by atoms with E-state index in [-0.39, 0.29) is 5.92 Å². The molecule has 0 N–H and O–H groups in total. The monoisotopic (exact) mass is 214 g/mol. The lowest BCUT2D eigenvalue weighted by Gasteiger charge is -2.30.